The summed E-state index contributed by atoms with van der Waals surface area (Å²) in [5.41, 5.74) is 1.25. The van der Waals surface area contributed by atoms with E-state index in [0.29, 0.717) is 0 Å². The topological polar surface area (TPSA) is 21.3 Å². The molecule has 0 radical (unpaired) electrons. The number of hydrogen-bond acceptors (Lipinski definition) is 2. The van der Waals surface area contributed by atoms with Crippen molar-refractivity contribution in [3.05, 3.63) is 29.8 Å². The van der Waals surface area contributed by atoms with Crippen LogP contribution in [-0.2, 0) is 0 Å². The summed E-state index contributed by atoms with van der Waals surface area (Å²) in [6.07, 6.45) is 1.06. The molecule has 0 heterocycles. The van der Waals surface area contributed by atoms with Gasteiger partial charge in [0.2, 0.25) is 0 Å². The van der Waals surface area contributed by atoms with Crippen molar-refractivity contribution in [3.8, 4) is 5.75 Å². The van der Waals surface area contributed by atoms with Gasteiger partial charge in [-0.25, -0.2) is 0 Å². The third kappa shape index (κ3) is 5.76. The highest BCUT2D eigenvalue weighted by molar-refractivity contribution is 5.27. The van der Waals surface area contributed by atoms with E-state index in [2.05, 4.69) is 38.2 Å². The molecule has 0 saturated carbocycles. The fourth-order valence-electron chi connectivity index (χ4n) is 1.48. The van der Waals surface area contributed by atoms with Crippen LogP contribution in [0.2, 0.25) is 0 Å². The average Bonchev–Trinajstić information content (AvgIpc) is 2.23. The molecule has 0 aliphatic heterocycles. The van der Waals surface area contributed by atoms with Crippen molar-refractivity contribution in [2.24, 2.45) is 5.92 Å². The highest BCUT2D eigenvalue weighted by Crippen LogP contribution is 2.12. The molecule has 0 bridgehead atoms. The van der Waals surface area contributed by atoms with E-state index in [4.69, 9.17) is 4.74 Å². The van der Waals surface area contributed by atoms with Gasteiger partial charge in [0.05, 0.1) is 6.61 Å². The minimum atomic E-state index is 0.720. The van der Waals surface area contributed by atoms with Crippen molar-refractivity contribution in [3.63, 3.8) is 0 Å². The Bertz CT molecular complexity index is 297. The summed E-state index contributed by atoms with van der Waals surface area (Å²) in [5, 5.41) is 3.40. The molecule has 2 nitrogen and oxygen atoms in total. The zero-order chi connectivity index (χ0) is 11.8. The number of benzene rings is 1. The van der Waals surface area contributed by atoms with Crippen LogP contribution in [0.15, 0.2) is 24.3 Å². The van der Waals surface area contributed by atoms with E-state index < -0.39 is 0 Å². The first-order chi connectivity index (χ1) is 7.68. The maximum atomic E-state index is 5.65. The summed E-state index contributed by atoms with van der Waals surface area (Å²) < 4.78 is 5.65. The Balaban J connectivity index is 2.07. The van der Waals surface area contributed by atoms with Gasteiger partial charge in [-0.3, -0.25) is 0 Å². The Morgan fingerprint density at radius 3 is 2.81 bits per heavy atom. The number of aryl methyl sites for hydroxylation is 1. The predicted molar refractivity (Wildman–Crippen MR) is 69.0 cm³/mol. The third-order valence-electron chi connectivity index (χ3n) is 2.31. The first-order valence-corrected chi connectivity index (χ1v) is 6.08. The molecule has 0 spiro atoms. The van der Waals surface area contributed by atoms with Gasteiger partial charge in [0.1, 0.15) is 5.75 Å². The average molecular weight is 221 g/mol. The third-order valence-corrected chi connectivity index (χ3v) is 2.31. The largest absolute Gasteiger partial charge is 0.494 e. The maximum absolute atomic E-state index is 5.65. The monoisotopic (exact) mass is 221 g/mol. The molecule has 1 rings (SSSR count). The molecule has 1 N–H and O–H groups in total. The second-order valence-corrected chi connectivity index (χ2v) is 4.62. The minimum absolute atomic E-state index is 0.720. The summed E-state index contributed by atoms with van der Waals surface area (Å²) in [6, 6.07) is 8.19. The quantitative estimate of drug-likeness (QED) is 0.715. The van der Waals surface area contributed by atoms with Gasteiger partial charge in [-0.15, -0.1) is 0 Å². The molecule has 2 heteroatoms. The van der Waals surface area contributed by atoms with E-state index in [-0.39, 0.29) is 0 Å². The molecule has 0 fully saturated rings. The first-order valence-electron chi connectivity index (χ1n) is 6.08. The zero-order valence-corrected chi connectivity index (χ0v) is 10.6. The van der Waals surface area contributed by atoms with Crippen LogP contribution in [0.5, 0.6) is 5.75 Å². The lowest BCUT2D eigenvalue weighted by Crippen LogP contribution is -2.22. The summed E-state index contributed by atoms with van der Waals surface area (Å²) in [4.78, 5) is 0. The van der Waals surface area contributed by atoms with Crippen molar-refractivity contribution < 1.29 is 4.74 Å². The molecule has 16 heavy (non-hydrogen) atoms. The van der Waals surface area contributed by atoms with Gasteiger partial charge in [-0.05, 0) is 50.0 Å². The summed E-state index contributed by atoms with van der Waals surface area (Å²) in [6.45, 7) is 9.42. The number of nitrogens with one attached hydrogen (secondary N) is 1. The van der Waals surface area contributed by atoms with Crippen LogP contribution in [0.3, 0.4) is 0 Å². The standard InChI is InChI=1S/C14H23NO/c1-12(2)11-15-8-5-9-16-14-7-4-6-13(3)10-14/h4,6-7,10,12,15H,5,8-9,11H2,1-3H3. The van der Waals surface area contributed by atoms with Crippen LogP contribution in [-0.4, -0.2) is 19.7 Å². The second-order valence-electron chi connectivity index (χ2n) is 4.62. The lowest BCUT2D eigenvalue weighted by atomic mass is 10.2. The highest BCUT2D eigenvalue weighted by atomic mass is 16.5. The number of rotatable bonds is 7. The van der Waals surface area contributed by atoms with Crippen molar-refractivity contribution in [2.75, 3.05) is 19.7 Å². The summed E-state index contributed by atoms with van der Waals surface area (Å²) >= 11 is 0. The molecule has 0 amide bonds. The van der Waals surface area contributed by atoms with Crippen molar-refractivity contribution in [2.45, 2.75) is 27.2 Å². The van der Waals surface area contributed by atoms with Crippen LogP contribution in [0.4, 0.5) is 0 Å². The van der Waals surface area contributed by atoms with Gasteiger partial charge < -0.3 is 10.1 Å². The van der Waals surface area contributed by atoms with Crippen molar-refractivity contribution in [1.29, 1.82) is 0 Å². The Morgan fingerprint density at radius 1 is 1.31 bits per heavy atom. The van der Waals surface area contributed by atoms with Crippen LogP contribution in [0.25, 0.3) is 0 Å². The van der Waals surface area contributed by atoms with Crippen LogP contribution in [0.1, 0.15) is 25.8 Å². The molecular weight excluding hydrogens is 198 g/mol. The summed E-state index contributed by atoms with van der Waals surface area (Å²) in [7, 11) is 0. The second kappa shape index (κ2) is 7.29. The minimum Gasteiger partial charge on any atom is -0.494 e. The maximum Gasteiger partial charge on any atom is 0.119 e. The van der Waals surface area contributed by atoms with E-state index in [1.165, 1.54) is 5.56 Å². The van der Waals surface area contributed by atoms with Gasteiger partial charge in [0, 0.05) is 0 Å². The Morgan fingerprint density at radius 2 is 2.12 bits per heavy atom. The van der Waals surface area contributed by atoms with E-state index in [0.717, 1.165) is 37.8 Å². The molecule has 0 saturated heterocycles. The highest BCUT2D eigenvalue weighted by Gasteiger charge is 1.95. The van der Waals surface area contributed by atoms with Gasteiger partial charge >= 0.3 is 0 Å². The van der Waals surface area contributed by atoms with E-state index in [1.807, 2.05) is 12.1 Å². The Hall–Kier alpha value is -1.02. The smallest absolute Gasteiger partial charge is 0.119 e. The van der Waals surface area contributed by atoms with Crippen molar-refractivity contribution >= 4 is 0 Å². The Labute approximate surface area is 99.0 Å². The molecule has 0 unspecified atom stereocenters. The van der Waals surface area contributed by atoms with Crippen LogP contribution < -0.4 is 10.1 Å². The van der Waals surface area contributed by atoms with Gasteiger partial charge in [0.25, 0.3) is 0 Å². The fourth-order valence-corrected chi connectivity index (χ4v) is 1.48. The lowest BCUT2D eigenvalue weighted by Gasteiger charge is -2.09. The molecular formula is C14H23NO. The van der Waals surface area contributed by atoms with Crippen LogP contribution in [0, 0.1) is 12.8 Å². The molecule has 0 aliphatic rings. The normalized spacial score (nSPS) is 10.8. The lowest BCUT2D eigenvalue weighted by molar-refractivity contribution is 0.307. The van der Waals surface area contributed by atoms with E-state index in [1.54, 1.807) is 0 Å². The van der Waals surface area contributed by atoms with Gasteiger partial charge in [0.15, 0.2) is 0 Å². The van der Waals surface area contributed by atoms with Gasteiger partial charge in [-0.2, -0.15) is 0 Å². The Kier molecular flexibility index (Phi) is 5.94. The SMILES string of the molecule is Cc1cccc(OCCCNCC(C)C)c1. The summed E-state index contributed by atoms with van der Waals surface area (Å²) in [5.74, 6) is 1.70. The van der Waals surface area contributed by atoms with Gasteiger partial charge in [-0.1, -0.05) is 26.0 Å². The zero-order valence-electron chi connectivity index (χ0n) is 10.6. The predicted octanol–water partition coefficient (Wildman–Crippen LogP) is 3.01. The first kappa shape index (κ1) is 13.0. The molecule has 90 valence electrons. The van der Waals surface area contributed by atoms with Crippen molar-refractivity contribution in [1.82, 2.24) is 5.32 Å². The number of ether oxygens (including phenoxy) is 1. The molecule has 0 aromatic heterocycles. The van der Waals surface area contributed by atoms with Crippen LogP contribution >= 0.6 is 0 Å². The molecule has 1 aromatic carbocycles. The van der Waals surface area contributed by atoms with E-state index >= 15 is 0 Å². The van der Waals surface area contributed by atoms with E-state index in [9.17, 15) is 0 Å². The molecule has 1 aromatic rings. The number of hydrogen-bond donors (Lipinski definition) is 1. The molecule has 0 atom stereocenters. The molecule has 0 aliphatic carbocycles. The fraction of sp³-hybridized carbons (Fsp3) is 0.571.